The topological polar surface area (TPSA) is 30.2 Å². The van der Waals surface area contributed by atoms with E-state index in [0.29, 0.717) is 0 Å². The third kappa shape index (κ3) is 1.66. The van der Waals surface area contributed by atoms with Crippen LogP contribution in [-0.4, -0.2) is 14.6 Å². The number of halogens is 1. The van der Waals surface area contributed by atoms with Crippen molar-refractivity contribution in [3.63, 3.8) is 0 Å². The summed E-state index contributed by atoms with van der Waals surface area (Å²) in [5.74, 6) is 0. The molecule has 0 N–H and O–H groups in total. The first-order valence-electron chi connectivity index (χ1n) is 4.81. The number of rotatable bonds is 1. The summed E-state index contributed by atoms with van der Waals surface area (Å²) in [6.07, 6.45) is 1.96. The highest BCUT2D eigenvalue weighted by atomic mass is 79.9. The van der Waals surface area contributed by atoms with Crippen LogP contribution in [0.5, 0.6) is 0 Å². The molecule has 0 fully saturated rings. The van der Waals surface area contributed by atoms with Crippen LogP contribution in [0.1, 0.15) is 5.01 Å². The van der Waals surface area contributed by atoms with E-state index < -0.39 is 0 Å². The molecule has 2 aromatic heterocycles. The Morgan fingerprint density at radius 2 is 2.00 bits per heavy atom. The van der Waals surface area contributed by atoms with Crippen molar-refractivity contribution in [2.24, 2.45) is 0 Å². The summed E-state index contributed by atoms with van der Waals surface area (Å²) in [7, 11) is 0. The molecule has 0 aliphatic carbocycles. The Morgan fingerprint density at radius 3 is 2.69 bits per heavy atom. The molecule has 0 bridgehead atoms. The summed E-state index contributed by atoms with van der Waals surface area (Å²) in [6.45, 7) is 1.98. The van der Waals surface area contributed by atoms with Crippen LogP contribution in [0.4, 0.5) is 0 Å². The lowest BCUT2D eigenvalue weighted by atomic mass is 10.2. The Morgan fingerprint density at radius 1 is 1.25 bits per heavy atom. The minimum atomic E-state index is 0.940. The summed E-state index contributed by atoms with van der Waals surface area (Å²) in [5, 5.41) is 5.37. The van der Waals surface area contributed by atoms with Crippen molar-refractivity contribution < 1.29 is 0 Å². The second-order valence-electron chi connectivity index (χ2n) is 3.48. The van der Waals surface area contributed by atoms with Gasteiger partial charge in [-0.05, 0) is 19.1 Å². The van der Waals surface area contributed by atoms with Gasteiger partial charge in [0.2, 0.25) is 4.96 Å². The molecule has 5 heteroatoms. The lowest BCUT2D eigenvalue weighted by molar-refractivity contribution is 0.946. The van der Waals surface area contributed by atoms with Gasteiger partial charge in [-0.25, -0.2) is 9.50 Å². The number of benzene rings is 1. The molecule has 2 heterocycles. The van der Waals surface area contributed by atoms with Crippen molar-refractivity contribution in [2.45, 2.75) is 6.92 Å². The van der Waals surface area contributed by atoms with Crippen LogP contribution >= 0.6 is 27.3 Å². The minimum absolute atomic E-state index is 0.940. The number of nitrogens with zero attached hydrogens (tertiary/aromatic N) is 3. The van der Waals surface area contributed by atoms with Gasteiger partial charge < -0.3 is 0 Å². The average Bonchev–Trinajstić information content (AvgIpc) is 2.75. The number of fused-ring (bicyclic) bond motifs is 1. The van der Waals surface area contributed by atoms with Crippen LogP contribution < -0.4 is 0 Å². The fraction of sp³-hybridized carbons (Fsp3) is 0.0909. The quantitative estimate of drug-likeness (QED) is 0.687. The first-order valence-corrected chi connectivity index (χ1v) is 6.42. The lowest BCUT2D eigenvalue weighted by Crippen LogP contribution is -1.80. The Kier molecular flexibility index (Phi) is 2.29. The second-order valence-corrected chi connectivity index (χ2v) is 5.56. The average molecular weight is 294 g/mol. The van der Waals surface area contributed by atoms with E-state index >= 15 is 0 Å². The third-order valence-electron chi connectivity index (χ3n) is 2.28. The van der Waals surface area contributed by atoms with Crippen molar-refractivity contribution >= 4 is 32.2 Å². The van der Waals surface area contributed by atoms with E-state index in [1.807, 2.05) is 41.9 Å². The van der Waals surface area contributed by atoms with Crippen LogP contribution in [0.3, 0.4) is 0 Å². The van der Waals surface area contributed by atoms with Gasteiger partial charge in [0.05, 0.1) is 11.9 Å². The maximum absolute atomic E-state index is 4.54. The molecule has 3 rings (SSSR count). The summed E-state index contributed by atoms with van der Waals surface area (Å²) < 4.78 is 2.91. The molecule has 3 aromatic rings. The highest BCUT2D eigenvalue weighted by molar-refractivity contribution is 9.10. The molecule has 0 atom stereocenters. The molecule has 0 aliphatic rings. The molecule has 3 nitrogen and oxygen atoms in total. The van der Waals surface area contributed by atoms with Gasteiger partial charge >= 0.3 is 0 Å². The van der Waals surface area contributed by atoms with Gasteiger partial charge in [0.1, 0.15) is 5.01 Å². The van der Waals surface area contributed by atoms with Crippen molar-refractivity contribution in [3.05, 3.63) is 39.9 Å². The van der Waals surface area contributed by atoms with E-state index in [9.17, 15) is 0 Å². The zero-order chi connectivity index (χ0) is 11.1. The summed E-state index contributed by atoms with van der Waals surface area (Å²) in [5.41, 5.74) is 2.07. The maximum Gasteiger partial charge on any atom is 0.212 e. The van der Waals surface area contributed by atoms with E-state index in [1.54, 1.807) is 11.3 Å². The highest BCUT2D eigenvalue weighted by Crippen LogP contribution is 2.23. The Hall–Kier alpha value is -1.20. The van der Waals surface area contributed by atoms with Crippen molar-refractivity contribution in [1.82, 2.24) is 14.6 Å². The van der Waals surface area contributed by atoms with Crippen molar-refractivity contribution in [1.29, 1.82) is 0 Å². The van der Waals surface area contributed by atoms with E-state index in [-0.39, 0.29) is 0 Å². The molecule has 0 amide bonds. The van der Waals surface area contributed by atoms with Gasteiger partial charge in [-0.3, -0.25) is 0 Å². The molecule has 80 valence electrons. The number of hydrogen-bond donors (Lipinski definition) is 0. The molecule has 0 radical (unpaired) electrons. The Bertz CT molecular complexity index is 607. The van der Waals surface area contributed by atoms with Gasteiger partial charge in [-0.1, -0.05) is 39.4 Å². The number of aryl methyl sites for hydroxylation is 1. The van der Waals surface area contributed by atoms with E-state index in [4.69, 9.17) is 0 Å². The van der Waals surface area contributed by atoms with Crippen molar-refractivity contribution in [3.8, 4) is 11.3 Å². The normalized spacial score (nSPS) is 11.1. The number of aromatic nitrogens is 3. The molecule has 0 saturated heterocycles. The largest absolute Gasteiger partial charge is 0.217 e. The molecule has 16 heavy (non-hydrogen) atoms. The zero-order valence-electron chi connectivity index (χ0n) is 8.51. The molecule has 0 spiro atoms. The first-order chi connectivity index (χ1) is 7.72. The maximum atomic E-state index is 4.54. The monoisotopic (exact) mass is 293 g/mol. The zero-order valence-corrected chi connectivity index (χ0v) is 10.9. The fourth-order valence-electron chi connectivity index (χ4n) is 1.56. The molecule has 0 unspecified atom stereocenters. The van der Waals surface area contributed by atoms with E-state index in [2.05, 4.69) is 26.0 Å². The van der Waals surface area contributed by atoms with Crippen LogP contribution in [-0.2, 0) is 0 Å². The van der Waals surface area contributed by atoms with Gasteiger partial charge in [0, 0.05) is 10.0 Å². The lowest BCUT2D eigenvalue weighted by Gasteiger charge is -1.95. The SMILES string of the molecule is Cc1nn2cc(-c3ccc(Br)cc3)nc2s1. The Labute approximate surface area is 105 Å². The number of hydrogen-bond acceptors (Lipinski definition) is 3. The predicted octanol–water partition coefficient (Wildman–Crippen LogP) is 3.53. The van der Waals surface area contributed by atoms with Crippen LogP contribution in [0.25, 0.3) is 16.2 Å². The van der Waals surface area contributed by atoms with Crippen LogP contribution in [0.2, 0.25) is 0 Å². The molecular formula is C11H8BrN3S. The van der Waals surface area contributed by atoms with Crippen LogP contribution in [0.15, 0.2) is 34.9 Å². The highest BCUT2D eigenvalue weighted by Gasteiger charge is 2.07. The van der Waals surface area contributed by atoms with Crippen molar-refractivity contribution in [2.75, 3.05) is 0 Å². The number of imidazole rings is 1. The smallest absolute Gasteiger partial charge is 0.212 e. The summed E-state index contributed by atoms with van der Waals surface area (Å²) in [6, 6.07) is 8.12. The fourth-order valence-corrected chi connectivity index (χ4v) is 2.55. The predicted molar refractivity (Wildman–Crippen MR) is 68.7 cm³/mol. The Balaban J connectivity index is 2.11. The van der Waals surface area contributed by atoms with Gasteiger partial charge in [0.25, 0.3) is 0 Å². The molecule has 0 saturated carbocycles. The summed E-state index contributed by atoms with van der Waals surface area (Å²) in [4.78, 5) is 5.48. The molecule has 0 aliphatic heterocycles. The van der Waals surface area contributed by atoms with E-state index in [1.165, 1.54) is 0 Å². The van der Waals surface area contributed by atoms with Gasteiger partial charge in [-0.2, -0.15) is 5.10 Å². The minimum Gasteiger partial charge on any atom is -0.217 e. The third-order valence-corrected chi connectivity index (χ3v) is 3.65. The standard InChI is InChI=1S/C11H8BrN3S/c1-7-14-15-6-10(13-11(15)16-7)8-2-4-9(12)5-3-8/h2-6H,1H3. The van der Waals surface area contributed by atoms with Gasteiger partial charge in [0.15, 0.2) is 0 Å². The second kappa shape index (κ2) is 3.68. The summed E-state index contributed by atoms with van der Waals surface area (Å²) >= 11 is 5.02. The first kappa shape index (κ1) is 9.99. The van der Waals surface area contributed by atoms with Gasteiger partial charge in [-0.15, -0.1) is 0 Å². The van der Waals surface area contributed by atoms with Crippen LogP contribution in [0, 0.1) is 6.92 Å². The molecule has 1 aromatic carbocycles. The van der Waals surface area contributed by atoms with E-state index in [0.717, 1.165) is 25.7 Å². The molecular weight excluding hydrogens is 286 g/mol.